The molecule has 1 aromatic carbocycles. The largest absolute Gasteiger partial charge is 0.325 e. The lowest BCUT2D eigenvalue weighted by Gasteiger charge is -2.09. The molecule has 16 heavy (non-hydrogen) atoms. The van der Waals surface area contributed by atoms with Gasteiger partial charge in [-0.1, -0.05) is 26.8 Å². The van der Waals surface area contributed by atoms with Crippen LogP contribution in [0.4, 0.5) is 5.69 Å². The first kappa shape index (κ1) is 13.2. The third kappa shape index (κ3) is 3.97. The number of nitrogens with one attached hydrogen (secondary N) is 1. The van der Waals surface area contributed by atoms with E-state index in [0.717, 1.165) is 16.6 Å². The lowest BCUT2D eigenvalue weighted by Crippen LogP contribution is -2.14. The maximum Gasteiger partial charge on any atom is 0.224 e. The van der Waals surface area contributed by atoms with Gasteiger partial charge in [0.15, 0.2) is 0 Å². The monoisotopic (exact) mass is 283 g/mol. The van der Waals surface area contributed by atoms with Crippen LogP contribution in [0.25, 0.3) is 0 Å². The van der Waals surface area contributed by atoms with E-state index in [4.69, 9.17) is 0 Å². The minimum atomic E-state index is 0.0694. The second-order valence-electron chi connectivity index (χ2n) is 4.31. The molecule has 0 atom stereocenters. The van der Waals surface area contributed by atoms with Crippen LogP contribution in [0.15, 0.2) is 22.7 Å². The summed E-state index contributed by atoms with van der Waals surface area (Å²) in [6, 6.07) is 6.03. The Morgan fingerprint density at radius 1 is 1.44 bits per heavy atom. The molecular weight excluding hydrogens is 266 g/mol. The van der Waals surface area contributed by atoms with Crippen molar-refractivity contribution in [3.8, 4) is 0 Å². The number of hydrogen-bond donors (Lipinski definition) is 1. The van der Waals surface area contributed by atoms with E-state index in [2.05, 4.69) is 28.2 Å². The summed E-state index contributed by atoms with van der Waals surface area (Å²) >= 11 is 3.47. The molecule has 0 fully saturated rings. The molecule has 0 aliphatic carbocycles. The van der Waals surface area contributed by atoms with Crippen molar-refractivity contribution in [2.75, 3.05) is 5.32 Å². The van der Waals surface area contributed by atoms with E-state index in [1.54, 1.807) is 0 Å². The number of hydrogen-bond acceptors (Lipinski definition) is 1. The van der Waals surface area contributed by atoms with Crippen molar-refractivity contribution in [2.24, 2.45) is 5.92 Å². The Labute approximate surface area is 106 Å². The average Bonchev–Trinajstić information content (AvgIpc) is 2.19. The van der Waals surface area contributed by atoms with Gasteiger partial charge in [0, 0.05) is 10.9 Å². The molecule has 0 saturated carbocycles. The highest BCUT2D eigenvalue weighted by Gasteiger charge is 2.07. The molecular formula is C13H18BrNO. The average molecular weight is 284 g/mol. The maximum absolute atomic E-state index is 11.6. The SMILES string of the molecule is CCc1ccc(NC(=O)CC(C)C)c(Br)c1. The van der Waals surface area contributed by atoms with Crippen LogP contribution in [-0.4, -0.2) is 5.91 Å². The zero-order valence-corrected chi connectivity index (χ0v) is 11.6. The summed E-state index contributed by atoms with van der Waals surface area (Å²) in [5, 5.41) is 2.91. The van der Waals surface area contributed by atoms with Gasteiger partial charge in [-0.25, -0.2) is 0 Å². The van der Waals surface area contributed by atoms with Gasteiger partial charge in [-0.05, 0) is 46.0 Å². The summed E-state index contributed by atoms with van der Waals surface area (Å²) in [6.45, 7) is 6.18. The predicted octanol–water partition coefficient (Wildman–Crippen LogP) is 4.00. The molecule has 0 bridgehead atoms. The van der Waals surface area contributed by atoms with Crippen LogP contribution in [0, 0.1) is 5.92 Å². The number of rotatable bonds is 4. The summed E-state index contributed by atoms with van der Waals surface area (Å²) in [4.78, 5) is 11.6. The van der Waals surface area contributed by atoms with Gasteiger partial charge in [-0.3, -0.25) is 4.79 Å². The minimum Gasteiger partial charge on any atom is -0.325 e. The fourth-order valence-electron chi connectivity index (χ4n) is 1.45. The van der Waals surface area contributed by atoms with Gasteiger partial charge < -0.3 is 5.32 Å². The molecule has 0 unspecified atom stereocenters. The number of anilines is 1. The Hall–Kier alpha value is -0.830. The summed E-state index contributed by atoms with van der Waals surface area (Å²) in [6.07, 6.45) is 1.56. The molecule has 0 aliphatic rings. The van der Waals surface area contributed by atoms with E-state index in [1.807, 2.05) is 32.0 Å². The number of carbonyl (C=O) groups is 1. The van der Waals surface area contributed by atoms with E-state index >= 15 is 0 Å². The smallest absolute Gasteiger partial charge is 0.224 e. The van der Waals surface area contributed by atoms with Crippen LogP contribution in [0.3, 0.4) is 0 Å². The molecule has 0 aromatic heterocycles. The molecule has 1 rings (SSSR count). The van der Waals surface area contributed by atoms with Gasteiger partial charge in [0.25, 0.3) is 0 Å². The van der Waals surface area contributed by atoms with Crippen LogP contribution < -0.4 is 5.32 Å². The van der Waals surface area contributed by atoms with Crippen molar-refractivity contribution in [1.29, 1.82) is 0 Å². The Balaban J connectivity index is 2.70. The van der Waals surface area contributed by atoms with E-state index in [0.29, 0.717) is 12.3 Å². The zero-order chi connectivity index (χ0) is 12.1. The predicted molar refractivity (Wildman–Crippen MR) is 71.6 cm³/mol. The third-order valence-electron chi connectivity index (χ3n) is 2.31. The fourth-order valence-corrected chi connectivity index (χ4v) is 1.98. The second kappa shape index (κ2) is 6.04. The maximum atomic E-state index is 11.6. The van der Waals surface area contributed by atoms with E-state index in [-0.39, 0.29) is 5.91 Å². The summed E-state index contributed by atoms with van der Waals surface area (Å²) in [5.41, 5.74) is 2.11. The van der Waals surface area contributed by atoms with Crippen molar-refractivity contribution < 1.29 is 4.79 Å². The Bertz CT molecular complexity index is 374. The van der Waals surface area contributed by atoms with Crippen LogP contribution in [0.5, 0.6) is 0 Å². The molecule has 1 N–H and O–H groups in total. The van der Waals surface area contributed by atoms with Crippen molar-refractivity contribution in [2.45, 2.75) is 33.6 Å². The highest BCUT2D eigenvalue weighted by atomic mass is 79.9. The first-order valence-corrected chi connectivity index (χ1v) is 6.40. The van der Waals surface area contributed by atoms with Crippen LogP contribution in [0.1, 0.15) is 32.8 Å². The standard InChI is InChI=1S/C13H18BrNO/c1-4-10-5-6-12(11(14)8-10)15-13(16)7-9(2)3/h5-6,8-9H,4,7H2,1-3H3,(H,15,16). The third-order valence-corrected chi connectivity index (χ3v) is 2.97. The second-order valence-corrected chi connectivity index (χ2v) is 5.17. The highest BCUT2D eigenvalue weighted by molar-refractivity contribution is 9.10. The van der Waals surface area contributed by atoms with Crippen molar-refractivity contribution in [1.82, 2.24) is 0 Å². The van der Waals surface area contributed by atoms with Gasteiger partial charge in [-0.15, -0.1) is 0 Å². The van der Waals surface area contributed by atoms with Crippen LogP contribution in [-0.2, 0) is 11.2 Å². The molecule has 88 valence electrons. The summed E-state index contributed by atoms with van der Waals surface area (Å²) in [5.74, 6) is 0.452. The molecule has 2 nitrogen and oxygen atoms in total. The number of halogens is 1. The Morgan fingerprint density at radius 3 is 2.62 bits per heavy atom. The van der Waals surface area contributed by atoms with Crippen molar-refractivity contribution in [3.05, 3.63) is 28.2 Å². The normalized spacial score (nSPS) is 10.6. The lowest BCUT2D eigenvalue weighted by atomic mass is 10.1. The van der Waals surface area contributed by atoms with Gasteiger partial charge in [0.05, 0.1) is 5.69 Å². The fraction of sp³-hybridized carbons (Fsp3) is 0.462. The number of carbonyl (C=O) groups excluding carboxylic acids is 1. The number of aryl methyl sites for hydroxylation is 1. The zero-order valence-electron chi connectivity index (χ0n) is 10.0. The molecule has 0 spiro atoms. The highest BCUT2D eigenvalue weighted by Crippen LogP contribution is 2.24. The van der Waals surface area contributed by atoms with E-state index in [9.17, 15) is 4.79 Å². The first-order valence-electron chi connectivity index (χ1n) is 5.61. The van der Waals surface area contributed by atoms with Gasteiger partial charge in [0.1, 0.15) is 0 Å². The minimum absolute atomic E-state index is 0.0694. The first-order chi connectivity index (χ1) is 7.52. The quantitative estimate of drug-likeness (QED) is 0.889. The van der Waals surface area contributed by atoms with Crippen molar-refractivity contribution in [3.63, 3.8) is 0 Å². The lowest BCUT2D eigenvalue weighted by molar-refractivity contribution is -0.116. The molecule has 1 aromatic rings. The summed E-state index contributed by atoms with van der Waals surface area (Å²) < 4.78 is 0.948. The van der Waals surface area contributed by atoms with Crippen molar-refractivity contribution >= 4 is 27.5 Å². The van der Waals surface area contributed by atoms with Crippen LogP contribution >= 0.6 is 15.9 Å². The van der Waals surface area contributed by atoms with E-state index in [1.165, 1.54) is 5.56 Å². The molecule has 0 radical (unpaired) electrons. The van der Waals surface area contributed by atoms with Gasteiger partial charge >= 0.3 is 0 Å². The van der Waals surface area contributed by atoms with E-state index < -0.39 is 0 Å². The molecule has 3 heteroatoms. The van der Waals surface area contributed by atoms with Gasteiger partial charge in [-0.2, -0.15) is 0 Å². The molecule has 0 heterocycles. The van der Waals surface area contributed by atoms with Crippen LogP contribution in [0.2, 0.25) is 0 Å². The van der Waals surface area contributed by atoms with Gasteiger partial charge in [0.2, 0.25) is 5.91 Å². The Kier molecular flexibility index (Phi) is 5.00. The molecule has 0 aliphatic heterocycles. The summed E-state index contributed by atoms with van der Waals surface area (Å²) in [7, 11) is 0. The molecule has 0 saturated heterocycles. The number of amides is 1. The number of benzene rings is 1. The topological polar surface area (TPSA) is 29.1 Å². The Morgan fingerprint density at radius 2 is 2.12 bits per heavy atom. The molecule has 1 amide bonds.